The first-order chi connectivity index (χ1) is 5.97. The highest BCUT2D eigenvalue weighted by atomic mass is 16.2. The zero-order valence-electron chi connectivity index (χ0n) is 8.59. The maximum absolute atomic E-state index is 11.4. The molecule has 0 heterocycles. The average Bonchev–Trinajstić information content (AvgIpc) is 1.98. The van der Waals surface area contributed by atoms with Crippen LogP contribution in [0, 0.1) is 0 Å². The van der Waals surface area contributed by atoms with E-state index in [9.17, 15) is 9.59 Å². The lowest BCUT2D eigenvalue weighted by atomic mass is 10.2. The molecule has 0 aliphatic rings. The minimum atomic E-state index is -0.113. The Morgan fingerprint density at radius 3 is 2.15 bits per heavy atom. The molecule has 0 spiro atoms. The summed E-state index contributed by atoms with van der Waals surface area (Å²) >= 11 is 0. The average molecular weight is 183 g/mol. The number of hydrogen-bond donors (Lipinski definition) is 0. The van der Waals surface area contributed by atoms with Gasteiger partial charge in [0.2, 0.25) is 5.91 Å². The third kappa shape index (κ3) is 5.17. The van der Waals surface area contributed by atoms with E-state index in [4.69, 9.17) is 0 Å². The van der Waals surface area contributed by atoms with Gasteiger partial charge in [-0.1, -0.05) is 12.2 Å². The van der Waals surface area contributed by atoms with Crippen molar-refractivity contribution in [2.75, 3.05) is 13.1 Å². The van der Waals surface area contributed by atoms with E-state index in [0.29, 0.717) is 13.1 Å². The van der Waals surface area contributed by atoms with E-state index in [1.165, 1.54) is 6.92 Å². The SMILES string of the molecule is C=C(C)CN(CC)C(=O)CC(C)=O. The number of nitrogens with zero attached hydrogens (tertiary/aromatic N) is 1. The number of ketones is 1. The number of likely N-dealkylation sites (N-methyl/N-ethyl adjacent to an activating group) is 1. The van der Waals surface area contributed by atoms with Gasteiger partial charge in [-0.15, -0.1) is 0 Å². The van der Waals surface area contributed by atoms with Gasteiger partial charge in [-0.25, -0.2) is 0 Å². The molecule has 0 fully saturated rings. The van der Waals surface area contributed by atoms with Gasteiger partial charge in [-0.05, 0) is 20.8 Å². The van der Waals surface area contributed by atoms with E-state index >= 15 is 0 Å². The first-order valence-corrected chi connectivity index (χ1v) is 4.39. The fourth-order valence-electron chi connectivity index (χ4n) is 1.03. The molecule has 3 heteroatoms. The summed E-state index contributed by atoms with van der Waals surface area (Å²) in [5.74, 6) is -0.205. The lowest BCUT2D eigenvalue weighted by Gasteiger charge is -2.20. The molecule has 74 valence electrons. The van der Waals surface area contributed by atoms with Crippen molar-refractivity contribution < 1.29 is 9.59 Å². The summed E-state index contributed by atoms with van der Waals surface area (Å²) in [5.41, 5.74) is 0.929. The van der Waals surface area contributed by atoms with Crippen LogP contribution in [0.5, 0.6) is 0 Å². The minimum Gasteiger partial charge on any atom is -0.339 e. The second kappa shape index (κ2) is 5.51. The largest absolute Gasteiger partial charge is 0.339 e. The quantitative estimate of drug-likeness (QED) is 0.477. The molecule has 0 radical (unpaired) electrons. The van der Waals surface area contributed by atoms with Gasteiger partial charge in [0.15, 0.2) is 0 Å². The fraction of sp³-hybridized carbons (Fsp3) is 0.600. The predicted molar refractivity (Wildman–Crippen MR) is 52.4 cm³/mol. The van der Waals surface area contributed by atoms with E-state index in [1.54, 1.807) is 4.90 Å². The number of rotatable bonds is 5. The van der Waals surface area contributed by atoms with Crippen LogP contribution in [0.3, 0.4) is 0 Å². The molecule has 13 heavy (non-hydrogen) atoms. The first-order valence-electron chi connectivity index (χ1n) is 4.39. The van der Waals surface area contributed by atoms with Crippen LogP contribution in [0.4, 0.5) is 0 Å². The third-order valence-corrected chi connectivity index (χ3v) is 1.60. The molecule has 0 atom stereocenters. The standard InChI is InChI=1S/C10H17NO2/c1-5-11(7-8(2)3)10(13)6-9(4)12/h2,5-7H2,1,3-4H3. The van der Waals surface area contributed by atoms with Crippen molar-refractivity contribution >= 4 is 11.7 Å². The number of hydrogen-bond acceptors (Lipinski definition) is 2. The van der Waals surface area contributed by atoms with Crippen molar-refractivity contribution in [1.29, 1.82) is 0 Å². The number of Topliss-reactive ketones (excluding diaryl/α,β-unsaturated/α-hetero) is 1. The van der Waals surface area contributed by atoms with Gasteiger partial charge in [-0.2, -0.15) is 0 Å². The summed E-state index contributed by atoms with van der Waals surface area (Å²) < 4.78 is 0. The van der Waals surface area contributed by atoms with Crippen LogP contribution < -0.4 is 0 Å². The van der Waals surface area contributed by atoms with Crippen molar-refractivity contribution in [2.24, 2.45) is 0 Å². The molecule has 0 saturated carbocycles. The molecular formula is C10H17NO2. The Kier molecular flexibility index (Phi) is 5.04. The molecule has 0 N–H and O–H groups in total. The van der Waals surface area contributed by atoms with Crippen LogP contribution in [-0.4, -0.2) is 29.7 Å². The summed E-state index contributed by atoms with van der Waals surface area (Å²) in [6.45, 7) is 10.1. The van der Waals surface area contributed by atoms with Crippen molar-refractivity contribution in [3.05, 3.63) is 12.2 Å². The van der Waals surface area contributed by atoms with Gasteiger partial charge in [0.1, 0.15) is 5.78 Å². The molecule has 0 aromatic heterocycles. The number of carbonyl (C=O) groups is 2. The van der Waals surface area contributed by atoms with Crippen molar-refractivity contribution in [3.8, 4) is 0 Å². The summed E-state index contributed by atoms with van der Waals surface area (Å²) in [4.78, 5) is 23.7. The lowest BCUT2D eigenvalue weighted by Crippen LogP contribution is -2.33. The maximum atomic E-state index is 11.4. The zero-order chi connectivity index (χ0) is 10.4. The van der Waals surface area contributed by atoms with Gasteiger partial charge < -0.3 is 4.90 Å². The van der Waals surface area contributed by atoms with E-state index < -0.39 is 0 Å². The van der Waals surface area contributed by atoms with Crippen molar-refractivity contribution in [1.82, 2.24) is 4.90 Å². The highest BCUT2D eigenvalue weighted by molar-refractivity contribution is 5.96. The molecule has 0 aromatic rings. The highest BCUT2D eigenvalue weighted by Gasteiger charge is 2.12. The van der Waals surface area contributed by atoms with Crippen LogP contribution in [-0.2, 0) is 9.59 Å². The Labute approximate surface area is 79.4 Å². The molecule has 0 aliphatic carbocycles. The zero-order valence-corrected chi connectivity index (χ0v) is 8.59. The molecule has 0 aromatic carbocycles. The molecule has 1 amide bonds. The number of carbonyl (C=O) groups excluding carboxylic acids is 2. The lowest BCUT2D eigenvalue weighted by molar-refractivity contribution is -0.134. The Morgan fingerprint density at radius 1 is 1.31 bits per heavy atom. The third-order valence-electron chi connectivity index (χ3n) is 1.60. The summed E-state index contributed by atoms with van der Waals surface area (Å²) in [5, 5.41) is 0. The first kappa shape index (κ1) is 11.9. The van der Waals surface area contributed by atoms with Crippen LogP contribution >= 0.6 is 0 Å². The molecule has 0 rings (SSSR count). The molecule has 3 nitrogen and oxygen atoms in total. The van der Waals surface area contributed by atoms with Gasteiger partial charge in [0, 0.05) is 13.1 Å². The van der Waals surface area contributed by atoms with Crippen LogP contribution in [0.25, 0.3) is 0 Å². The van der Waals surface area contributed by atoms with Gasteiger partial charge in [0.25, 0.3) is 0 Å². The molecule has 0 saturated heterocycles. The van der Waals surface area contributed by atoms with Crippen molar-refractivity contribution in [2.45, 2.75) is 27.2 Å². The van der Waals surface area contributed by atoms with E-state index in [0.717, 1.165) is 5.57 Å². The molecule has 0 aliphatic heterocycles. The van der Waals surface area contributed by atoms with E-state index in [1.807, 2.05) is 13.8 Å². The van der Waals surface area contributed by atoms with Gasteiger partial charge in [-0.3, -0.25) is 9.59 Å². The Bertz CT molecular complexity index is 221. The summed E-state index contributed by atoms with van der Waals surface area (Å²) in [6, 6.07) is 0. The predicted octanol–water partition coefficient (Wildman–Crippen LogP) is 1.39. The summed E-state index contributed by atoms with van der Waals surface area (Å²) in [6.07, 6.45) is 0.00111. The molecular weight excluding hydrogens is 166 g/mol. The van der Waals surface area contributed by atoms with Crippen molar-refractivity contribution in [3.63, 3.8) is 0 Å². The fourth-order valence-corrected chi connectivity index (χ4v) is 1.03. The normalized spacial score (nSPS) is 9.46. The topological polar surface area (TPSA) is 37.4 Å². The maximum Gasteiger partial charge on any atom is 0.230 e. The Hall–Kier alpha value is -1.12. The van der Waals surface area contributed by atoms with Gasteiger partial charge >= 0.3 is 0 Å². The van der Waals surface area contributed by atoms with Crippen LogP contribution in [0.1, 0.15) is 27.2 Å². The molecule has 0 unspecified atom stereocenters. The van der Waals surface area contributed by atoms with Gasteiger partial charge in [0.05, 0.1) is 6.42 Å². The number of amides is 1. The Morgan fingerprint density at radius 2 is 1.85 bits per heavy atom. The second-order valence-electron chi connectivity index (χ2n) is 3.24. The van der Waals surface area contributed by atoms with E-state index in [-0.39, 0.29) is 18.1 Å². The second-order valence-corrected chi connectivity index (χ2v) is 3.24. The minimum absolute atomic E-state index is 0.00111. The Balaban J connectivity index is 4.15. The van der Waals surface area contributed by atoms with Crippen LogP contribution in [0.2, 0.25) is 0 Å². The van der Waals surface area contributed by atoms with E-state index in [2.05, 4.69) is 6.58 Å². The molecule has 0 bridgehead atoms. The highest BCUT2D eigenvalue weighted by Crippen LogP contribution is 1.99. The summed E-state index contributed by atoms with van der Waals surface area (Å²) in [7, 11) is 0. The van der Waals surface area contributed by atoms with Crippen LogP contribution in [0.15, 0.2) is 12.2 Å². The smallest absolute Gasteiger partial charge is 0.230 e. The monoisotopic (exact) mass is 183 g/mol.